The Labute approximate surface area is 190 Å². The van der Waals surface area contributed by atoms with Crippen molar-refractivity contribution in [1.82, 2.24) is 4.57 Å². The number of thiazole rings is 1. The van der Waals surface area contributed by atoms with Crippen LogP contribution in [0.15, 0.2) is 47.5 Å². The van der Waals surface area contributed by atoms with Crippen LogP contribution in [-0.2, 0) is 26.9 Å². The van der Waals surface area contributed by atoms with Crippen molar-refractivity contribution in [2.75, 3.05) is 19.0 Å². The first kappa shape index (κ1) is 22.1. The molecule has 3 aromatic rings. The van der Waals surface area contributed by atoms with E-state index in [2.05, 4.69) is 10.9 Å². The number of carbonyl (C=O) groups is 1. The molecular formula is C23H22N2O5S2. The minimum absolute atomic E-state index is 0.0353. The Hall–Kier alpha value is -3.09. The van der Waals surface area contributed by atoms with Crippen molar-refractivity contribution in [1.29, 1.82) is 0 Å². The van der Waals surface area contributed by atoms with Crippen LogP contribution in [-0.4, -0.2) is 37.9 Å². The molecule has 4 rings (SSSR count). The average Bonchev–Trinajstić information content (AvgIpc) is 3.08. The van der Waals surface area contributed by atoms with Crippen LogP contribution >= 0.6 is 11.3 Å². The number of hydrogen-bond acceptors (Lipinski definition) is 6. The van der Waals surface area contributed by atoms with Crippen LogP contribution in [0.4, 0.5) is 0 Å². The van der Waals surface area contributed by atoms with Gasteiger partial charge in [-0.1, -0.05) is 47.6 Å². The lowest BCUT2D eigenvalue weighted by Gasteiger charge is -2.18. The highest BCUT2D eigenvalue weighted by molar-refractivity contribution is 7.90. The van der Waals surface area contributed by atoms with Crippen molar-refractivity contribution >= 4 is 37.3 Å². The van der Waals surface area contributed by atoms with Gasteiger partial charge in [-0.3, -0.25) is 4.79 Å². The first-order valence-corrected chi connectivity index (χ1v) is 12.8. The van der Waals surface area contributed by atoms with E-state index in [0.29, 0.717) is 29.5 Å². The summed E-state index contributed by atoms with van der Waals surface area (Å²) in [5.74, 6) is 3.39. The minimum Gasteiger partial charge on any atom is -0.486 e. The van der Waals surface area contributed by atoms with Crippen molar-refractivity contribution in [3.8, 4) is 23.8 Å². The quantitative estimate of drug-likeness (QED) is 0.496. The van der Waals surface area contributed by atoms with E-state index in [9.17, 15) is 13.2 Å². The van der Waals surface area contributed by atoms with E-state index in [0.717, 1.165) is 15.8 Å². The number of terminal acetylenes is 1. The van der Waals surface area contributed by atoms with E-state index in [1.165, 1.54) is 11.3 Å². The highest BCUT2D eigenvalue weighted by atomic mass is 32.2. The lowest BCUT2D eigenvalue weighted by Crippen LogP contribution is -2.17. The molecule has 0 aliphatic carbocycles. The van der Waals surface area contributed by atoms with Crippen molar-refractivity contribution in [3.63, 3.8) is 0 Å². The third-order valence-corrected chi connectivity index (χ3v) is 7.62. The first-order chi connectivity index (χ1) is 15.4. The van der Waals surface area contributed by atoms with E-state index < -0.39 is 9.84 Å². The number of nitrogens with zero attached hydrogens (tertiary/aromatic N) is 2. The molecule has 2 aromatic carbocycles. The van der Waals surface area contributed by atoms with Crippen LogP contribution in [0.25, 0.3) is 10.2 Å². The Kier molecular flexibility index (Phi) is 6.63. The SMILES string of the molecule is C#CCn1c(=NC(=O)CCCS(=O)(=O)Cc2ccccc2)sc2cc3c(cc21)OCCO3. The first-order valence-electron chi connectivity index (χ1n) is 10.1. The molecule has 9 heteroatoms. The third-order valence-electron chi connectivity index (χ3n) is 4.89. The summed E-state index contributed by atoms with van der Waals surface area (Å²) in [7, 11) is -3.30. The molecule has 1 aliphatic rings. The second-order valence-electron chi connectivity index (χ2n) is 7.33. The molecule has 32 heavy (non-hydrogen) atoms. The van der Waals surface area contributed by atoms with Crippen LogP contribution in [0.2, 0.25) is 0 Å². The Morgan fingerprint density at radius 3 is 2.59 bits per heavy atom. The summed E-state index contributed by atoms with van der Waals surface area (Å²) < 4.78 is 38.6. The van der Waals surface area contributed by atoms with Gasteiger partial charge in [0.25, 0.3) is 0 Å². The predicted octanol–water partition coefficient (Wildman–Crippen LogP) is 2.93. The molecule has 0 unspecified atom stereocenters. The fourth-order valence-electron chi connectivity index (χ4n) is 3.44. The van der Waals surface area contributed by atoms with Crippen LogP contribution in [0.1, 0.15) is 18.4 Å². The second kappa shape index (κ2) is 9.59. The topological polar surface area (TPSA) is 87.0 Å². The molecule has 0 saturated carbocycles. The number of carbonyl (C=O) groups excluding carboxylic acids is 1. The lowest BCUT2D eigenvalue weighted by molar-refractivity contribution is -0.118. The number of fused-ring (bicyclic) bond motifs is 2. The highest BCUT2D eigenvalue weighted by Crippen LogP contribution is 2.35. The fraction of sp³-hybridized carbons (Fsp3) is 0.304. The van der Waals surface area contributed by atoms with Gasteiger partial charge in [0.1, 0.15) is 13.2 Å². The standard InChI is InChI=1S/C23H22N2O5S2/c1-2-10-25-18-14-19-20(30-12-11-29-19)15-21(18)31-23(25)24-22(26)9-6-13-32(27,28)16-17-7-4-3-5-8-17/h1,3-5,7-8,14-15H,6,9-13,16H2. The van der Waals surface area contributed by atoms with Gasteiger partial charge in [0.05, 0.1) is 28.3 Å². The second-order valence-corrected chi connectivity index (χ2v) is 10.5. The molecule has 1 aliphatic heterocycles. The van der Waals surface area contributed by atoms with E-state index in [4.69, 9.17) is 15.9 Å². The zero-order valence-corrected chi connectivity index (χ0v) is 19.0. The van der Waals surface area contributed by atoms with Crippen LogP contribution in [0, 0.1) is 12.3 Å². The molecule has 2 heterocycles. The van der Waals surface area contributed by atoms with Crippen molar-refractivity contribution in [3.05, 3.63) is 52.8 Å². The molecule has 1 aromatic heterocycles. The fourth-order valence-corrected chi connectivity index (χ4v) is 5.93. The van der Waals surface area contributed by atoms with Crippen molar-refractivity contribution < 1.29 is 22.7 Å². The Morgan fingerprint density at radius 1 is 1.16 bits per heavy atom. The number of sulfone groups is 1. The predicted molar refractivity (Wildman–Crippen MR) is 123 cm³/mol. The molecule has 0 atom stereocenters. The number of hydrogen-bond donors (Lipinski definition) is 0. The zero-order chi connectivity index (χ0) is 22.6. The summed E-state index contributed by atoms with van der Waals surface area (Å²) in [6, 6.07) is 12.7. The normalized spacial score (nSPS) is 13.8. The van der Waals surface area contributed by atoms with E-state index >= 15 is 0 Å². The van der Waals surface area contributed by atoms with Crippen molar-refractivity contribution in [2.45, 2.75) is 25.1 Å². The molecule has 7 nitrogen and oxygen atoms in total. The smallest absolute Gasteiger partial charge is 0.248 e. The van der Waals surface area contributed by atoms with Gasteiger partial charge >= 0.3 is 0 Å². The molecule has 0 bridgehead atoms. The van der Waals surface area contributed by atoms with Gasteiger partial charge in [0.2, 0.25) is 5.91 Å². The maximum atomic E-state index is 12.5. The molecule has 0 spiro atoms. The summed E-state index contributed by atoms with van der Waals surface area (Å²) in [6.07, 6.45) is 5.78. The van der Waals surface area contributed by atoms with Crippen LogP contribution in [0.5, 0.6) is 11.5 Å². The van der Waals surface area contributed by atoms with Gasteiger partial charge in [0.15, 0.2) is 26.1 Å². The number of rotatable bonds is 7. The zero-order valence-electron chi connectivity index (χ0n) is 17.3. The Morgan fingerprint density at radius 2 is 1.88 bits per heavy atom. The molecule has 0 saturated heterocycles. The Bertz CT molecular complexity index is 1350. The highest BCUT2D eigenvalue weighted by Gasteiger charge is 2.17. The minimum atomic E-state index is -3.30. The summed E-state index contributed by atoms with van der Waals surface area (Å²) in [6.45, 7) is 1.20. The lowest BCUT2D eigenvalue weighted by atomic mass is 10.2. The molecule has 0 fully saturated rings. The third kappa shape index (κ3) is 5.21. The van der Waals surface area contributed by atoms with E-state index in [-0.39, 0.29) is 36.8 Å². The monoisotopic (exact) mass is 470 g/mol. The number of benzene rings is 2. The molecule has 1 amide bonds. The maximum Gasteiger partial charge on any atom is 0.248 e. The number of ether oxygens (including phenoxy) is 2. The van der Waals surface area contributed by atoms with Gasteiger partial charge in [0, 0.05) is 18.6 Å². The summed E-state index contributed by atoms with van der Waals surface area (Å²) in [4.78, 5) is 17.2. The maximum absolute atomic E-state index is 12.5. The molecular weight excluding hydrogens is 448 g/mol. The van der Waals surface area contributed by atoms with Crippen LogP contribution < -0.4 is 14.3 Å². The van der Waals surface area contributed by atoms with Gasteiger partial charge in [-0.2, -0.15) is 4.99 Å². The van der Waals surface area contributed by atoms with Crippen LogP contribution in [0.3, 0.4) is 0 Å². The summed E-state index contributed by atoms with van der Waals surface area (Å²) in [5.41, 5.74) is 1.55. The summed E-state index contributed by atoms with van der Waals surface area (Å²) >= 11 is 1.33. The molecule has 0 radical (unpaired) electrons. The van der Waals surface area contributed by atoms with Gasteiger partial charge in [-0.25, -0.2) is 8.42 Å². The molecule has 0 N–H and O–H groups in total. The number of amides is 1. The van der Waals surface area contributed by atoms with E-state index in [1.54, 1.807) is 28.8 Å². The van der Waals surface area contributed by atoms with Gasteiger partial charge < -0.3 is 14.0 Å². The summed E-state index contributed by atoms with van der Waals surface area (Å²) in [5, 5.41) is 0. The van der Waals surface area contributed by atoms with Crippen molar-refractivity contribution in [2.24, 2.45) is 4.99 Å². The average molecular weight is 471 g/mol. The Balaban J connectivity index is 1.49. The number of aromatic nitrogens is 1. The van der Waals surface area contributed by atoms with Gasteiger partial charge in [-0.05, 0) is 12.0 Å². The largest absolute Gasteiger partial charge is 0.486 e. The molecule has 166 valence electrons. The van der Waals surface area contributed by atoms with E-state index in [1.807, 2.05) is 18.2 Å². The van der Waals surface area contributed by atoms with Gasteiger partial charge in [-0.15, -0.1) is 6.42 Å².